The molecule has 3 atom stereocenters. The van der Waals surface area contributed by atoms with Crippen LogP contribution in [0.25, 0.3) is 0 Å². The fourth-order valence-corrected chi connectivity index (χ4v) is 4.14. The van der Waals surface area contributed by atoms with Crippen molar-refractivity contribution >= 4 is 15.9 Å². The smallest absolute Gasteiger partial charge is 0.120 e. The molecule has 1 aromatic carbocycles. The molecule has 92 valence electrons. The summed E-state index contributed by atoms with van der Waals surface area (Å²) < 4.78 is 6.29. The highest BCUT2D eigenvalue weighted by molar-refractivity contribution is 9.10. The highest BCUT2D eigenvalue weighted by Gasteiger charge is 2.55. The maximum absolute atomic E-state index is 6.41. The SMILES string of the molecule is COc1ccc(C(N)C2C3CCCC32)c(Br)c1. The van der Waals surface area contributed by atoms with E-state index >= 15 is 0 Å². The van der Waals surface area contributed by atoms with E-state index in [4.69, 9.17) is 10.5 Å². The second kappa shape index (κ2) is 4.29. The van der Waals surface area contributed by atoms with E-state index < -0.39 is 0 Å². The van der Waals surface area contributed by atoms with Crippen LogP contribution in [0.1, 0.15) is 30.9 Å². The lowest BCUT2D eigenvalue weighted by Crippen LogP contribution is -2.16. The first-order valence-corrected chi connectivity index (χ1v) is 7.10. The molecule has 0 saturated heterocycles. The molecule has 2 N–H and O–H groups in total. The van der Waals surface area contributed by atoms with Crippen LogP contribution < -0.4 is 10.5 Å². The molecule has 0 aliphatic heterocycles. The van der Waals surface area contributed by atoms with Gasteiger partial charge in [-0.15, -0.1) is 0 Å². The molecule has 0 heterocycles. The van der Waals surface area contributed by atoms with E-state index in [0.717, 1.165) is 22.1 Å². The minimum Gasteiger partial charge on any atom is -0.497 e. The third kappa shape index (κ3) is 1.89. The Morgan fingerprint density at radius 1 is 1.35 bits per heavy atom. The fourth-order valence-electron chi connectivity index (χ4n) is 3.52. The monoisotopic (exact) mass is 295 g/mol. The quantitative estimate of drug-likeness (QED) is 0.926. The van der Waals surface area contributed by atoms with Crippen molar-refractivity contribution in [2.45, 2.75) is 25.3 Å². The molecule has 0 amide bonds. The van der Waals surface area contributed by atoms with Gasteiger partial charge in [-0.3, -0.25) is 0 Å². The van der Waals surface area contributed by atoms with E-state index in [1.807, 2.05) is 12.1 Å². The minimum absolute atomic E-state index is 0.186. The first-order chi connectivity index (χ1) is 8.22. The number of ether oxygens (including phenoxy) is 1. The summed E-state index contributed by atoms with van der Waals surface area (Å²) in [5, 5.41) is 0. The van der Waals surface area contributed by atoms with Gasteiger partial charge in [0, 0.05) is 10.5 Å². The molecule has 0 spiro atoms. The molecular weight excluding hydrogens is 278 g/mol. The lowest BCUT2D eigenvalue weighted by molar-refractivity contribution is 0.413. The zero-order valence-electron chi connectivity index (χ0n) is 10.0. The summed E-state index contributed by atoms with van der Waals surface area (Å²) in [5.41, 5.74) is 7.64. The molecule has 0 radical (unpaired) electrons. The van der Waals surface area contributed by atoms with Crippen LogP contribution in [0.5, 0.6) is 5.75 Å². The van der Waals surface area contributed by atoms with Crippen molar-refractivity contribution < 1.29 is 4.74 Å². The van der Waals surface area contributed by atoms with Crippen LogP contribution in [0.2, 0.25) is 0 Å². The average molecular weight is 296 g/mol. The van der Waals surface area contributed by atoms with E-state index in [9.17, 15) is 0 Å². The van der Waals surface area contributed by atoms with Gasteiger partial charge in [-0.25, -0.2) is 0 Å². The van der Waals surface area contributed by atoms with Crippen molar-refractivity contribution in [3.05, 3.63) is 28.2 Å². The maximum atomic E-state index is 6.41. The number of nitrogens with two attached hydrogens (primary N) is 1. The Hall–Kier alpha value is -0.540. The normalized spacial score (nSPS) is 32.1. The number of hydrogen-bond donors (Lipinski definition) is 1. The van der Waals surface area contributed by atoms with E-state index in [0.29, 0.717) is 5.92 Å². The van der Waals surface area contributed by atoms with Gasteiger partial charge in [0.15, 0.2) is 0 Å². The van der Waals surface area contributed by atoms with Crippen molar-refractivity contribution in [1.82, 2.24) is 0 Å². The minimum atomic E-state index is 0.186. The topological polar surface area (TPSA) is 35.2 Å². The number of rotatable bonds is 3. The van der Waals surface area contributed by atoms with E-state index in [2.05, 4.69) is 22.0 Å². The van der Waals surface area contributed by atoms with Gasteiger partial charge in [0.05, 0.1) is 7.11 Å². The Bertz CT molecular complexity index is 424. The lowest BCUT2D eigenvalue weighted by Gasteiger charge is -2.16. The number of halogens is 1. The molecule has 2 aliphatic carbocycles. The van der Waals surface area contributed by atoms with Crippen LogP contribution in [-0.2, 0) is 0 Å². The van der Waals surface area contributed by atoms with Crippen LogP contribution >= 0.6 is 15.9 Å². The van der Waals surface area contributed by atoms with Crippen molar-refractivity contribution in [2.24, 2.45) is 23.5 Å². The second-order valence-electron chi connectivity index (χ2n) is 5.25. The van der Waals surface area contributed by atoms with Crippen LogP contribution in [-0.4, -0.2) is 7.11 Å². The van der Waals surface area contributed by atoms with Crippen LogP contribution in [0, 0.1) is 17.8 Å². The molecule has 2 aliphatic rings. The highest BCUT2D eigenvalue weighted by Crippen LogP contribution is 2.61. The van der Waals surface area contributed by atoms with Crippen LogP contribution in [0.4, 0.5) is 0 Å². The number of hydrogen-bond acceptors (Lipinski definition) is 2. The molecule has 0 aromatic heterocycles. The summed E-state index contributed by atoms with van der Waals surface area (Å²) in [6.07, 6.45) is 4.18. The van der Waals surface area contributed by atoms with Gasteiger partial charge in [0.2, 0.25) is 0 Å². The number of fused-ring (bicyclic) bond motifs is 1. The Balaban J connectivity index is 1.80. The average Bonchev–Trinajstić information content (AvgIpc) is 2.81. The van der Waals surface area contributed by atoms with Gasteiger partial charge in [-0.2, -0.15) is 0 Å². The summed E-state index contributed by atoms with van der Waals surface area (Å²) in [6.45, 7) is 0. The van der Waals surface area contributed by atoms with Crippen molar-refractivity contribution in [3.8, 4) is 5.75 Å². The van der Waals surface area contributed by atoms with Crippen molar-refractivity contribution in [2.75, 3.05) is 7.11 Å². The molecule has 3 heteroatoms. The predicted octanol–water partition coefficient (Wildman–Crippen LogP) is 3.50. The molecule has 0 bridgehead atoms. The van der Waals surface area contributed by atoms with Gasteiger partial charge in [-0.1, -0.05) is 28.4 Å². The van der Waals surface area contributed by atoms with Crippen LogP contribution in [0.3, 0.4) is 0 Å². The molecule has 3 rings (SSSR count). The zero-order valence-corrected chi connectivity index (χ0v) is 11.6. The Morgan fingerprint density at radius 3 is 2.65 bits per heavy atom. The molecule has 2 saturated carbocycles. The fraction of sp³-hybridized carbons (Fsp3) is 0.571. The Labute approximate surface area is 111 Å². The van der Waals surface area contributed by atoms with Gasteiger partial charge < -0.3 is 10.5 Å². The van der Waals surface area contributed by atoms with E-state index in [-0.39, 0.29) is 6.04 Å². The van der Waals surface area contributed by atoms with E-state index in [1.54, 1.807) is 7.11 Å². The van der Waals surface area contributed by atoms with Crippen LogP contribution in [0.15, 0.2) is 22.7 Å². The number of methoxy groups -OCH3 is 1. The molecule has 2 nitrogen and oxygen atoms in total. The highest BCUT2D eigenvalue weighted by atomic mass is 79.9. The summed E-state index contributed by atoms with van der Waals surface area (Å²) in [4.78, 5) is 0. The summed E-state index contributed by atoms with van der Waals surface area (Å²) >= 11 is 3.60. The number of benzene rings is 1. The third-order valence-electron chi connectivity index (χ3n) is 4.45. The van der Waals surface area contributed by atoms with Gasteiger partial charge >= 0.3 is 0 Å². The van der Waals surface area contributed by atoms with Gasteiger partial charge in [0.25, 0.3) is 0 Å². The summed E-state index contributed by atoms with van der Waals surface area (Å²) in [7, 11) is 1.69. The van der Waals surface area contributed by atoms with Crippen molar-refractivity contribution in [3.63, 3.8) is 0 Å². The molecule has 1 aromatic rings. The van der Waals surface area contributed by atoms with Crippen molar-refractivity contribution in [1.29, 1.82) is 0 Å². The first-order valence-electron chi connectivity index (χ1n) is 6.31. The second-order valence-corrected chi connectivity index (χ2v) is 6.10. The largest absolute Gasteiger partial charge is 0.497 e. The standard InChI is InChI=1S/C14H18BrNO/c1-17-8-5-6-11(12(15)7-8)14(16)13-9-3-2-4-10(9)13/h5-7,9-10,13-14H,2-4,16H2,1H3. The molecular formula is C14H18BrNO. The lowest BCUT2D eigenvalue weighted by atomic mass is 9.98. The van der Waals surface area contributed by atoms with Gasteiger partial charge in [-0.05, 0) is 48.3 Å². The zero-order chi connectivity index (χ0) is 12.0. The Kier molecular flexibility index (Phi) is 2.91. The van der Waals surface area contributed by atoms with Gasteiger partial charge in [0.1, 0.15) is 5.75 Å². The molecule has 2 fully saturated rings. The third-order valence-corrected chi connectivity index (χ3v) is 5.14. The maximum Gasteiger partial charge on any atom is 0.120 e. The Morgan fingerprint density at radius 2 is 2.06 bits per heavy atom. The summed E-state index contributed by atoms with van der Waals surface area (Å²) in [5.74, 6) is 3.40. The van der Waals surface area contributed by atoms with E-state index in [1.165, 1.54) is 24.8 Å². The predicted molar refractivity (Wildman–Crippen MR) is 71.9 cm³/mol. The summed E-state index contributed by atoms with van der Waals surface area (Å²) in [6, 6.07) is 6.29. The molecule has 3 unspecified atom stereocenters. The first kappa shape index (κ1) is 11.5. The molecule has 17 heavy (non-hydrogen) atoms.